The molecule has 1 aromatic heterocycles. The zero-order valence-corrected chi connectivity index (χ0v) is 9.67. The zero-order chi connectivity index (χ0) is 10.7. The second-order valence-corrected chi connectivity index (χ2v) is 4.07. The van der Waals surface area contributed by atoms with Gasteiger partial charge in [-0.2, -0.15) is 0 Å². The van der Waals surface area contributed by atoms with E-state index < -0.39 is 0 Å². The molecule has 0 atom stereocenters. The minimum atomic E-state index is 0.713. The molecule has 0 N–H and O–H groups in total. The first-order chi connectivity index (χ1) is 7.33. The molecular formula is C12H13NOS. The first-order valence-corrected chi connectivity index (χ1v) is 5.80. The second-order valence-electron chi connectivity index (χ2n) is 3.25. The highest BCUT2D eigenvalue weighted by Gasteiger charge is 2.03. The average Bonchev–Trinajstić information content (AvgIpc) is 2.78. The molecule has 0 fully saturated rings. The van der Waals surface area contributed by atoms with Gasteiger partial charge in [0.2, 0.25) is 0 Å². The molecule has 0 aliphatic carbocycles. The van der Waals surface area contributed by atoms with Gasteiger partial charge in [0, 0.05) is 10.9 Å². The van der Waals surface area contributed by atoms with E-state index in [1.54, 1.807) is 7.11 Å². The van der Waals surface area contributed by atoms with Crippen molar-refractivity contribution in [3.05, 3.63) is 35.2 Å². The summed E-state index contributed by atoms with van der Waals surface area (Å²) in [7, 11) is 1.64. The lowest BCUT2D eigenvalue weighted by Crippen LogP contribution is -1.83. The van der Waals surface area contributed by atoms with E-state index in [1.807, 2.05) is 5.38 Å². The molecule has 2 rings (SSSR count). The quantitative estimate of drug-likeness (QED) is 0.789. The summed E-state index contributed by atoms with van der Waals surface area (Å²) in [5, 5.41) is 2.73. The van der Waals surface area contributed by atoms with Crippen molar-refractivity contribution >= 4 is 11.3 Å². The van der Waals surface area contributed by atoms with E-state index in [0.29, 0.717) is 5.19 Å². The van der Waals surface area contributed by atoms with Crippen molar-refractivity contribution in [2.45, 2.75) is 13.3 Å². The van der Waals surface area contributed by atoms with Crippen molar-refractivity contribution in [3.8, 4) is 16.5 Å². The van der Waals surface area contributed by atoms with Crippen LogP contribution in [-0.4, -0.2) is 12.1 Å². The van der Waals surface area contributed by atoms with E-state index in [-0.39, 0.29) is 0 Å². The van der Waals surface area contributed by atoms with E-state index in [0.717, 1.165) is 17.7 Å². The molecule has 1 heterocycles. The van der Waals surface area contributed by atoms with Crippen molar-refractivity contribution < 1.29 is 4.74 Å². The van der Waals surface area contributed by atoms with Crippen LogP contribution in [0.3, 0.4) is 0 Å². The molecule has 78 valence electrons. The van der Waals surface area contributed by atoms with Crippen LogP contribution in [0.15, 0.2) is 29.6 Å². The summed E-state index contributed by atoms with van der Waals surface area (Å²) in [6, 6.07) is 8.49. The minimum Gasteiger partial charge on any atom is -0.473 e. The zero-order valence-electron chi connectivity index (χ0n) is 8.86. The lowest BCUT2D eigenvalue weighted by Gasteiger charge is -1.98. The Morgan fingerprint density at radius 1 is 1.27 bits per heavy atom. The molecule has 0 saturated carbocycles. The molecule has 1 aromatic carbocycles. The highest BCUT2D eigenvalue weighted by atomic mass is 32.1. The molecule has 2 nitrogen and oxygen atoms in total. The molecular weight excluding hydrogens is 206 g/mol. The molecule has 0 amide bonds. The smallest absolute Gasteiger partial charge is 0.273 e. The lowest BCUT2D eigenvalue weighted by atomic mass is 10.1. The molecule has 0 aliphatic rings. The van der Waals surface area contributed by atoms with Gasteiger partial charge in [0.15, 0.2) is 0 Å². The number of nitrogens with zero attached hydrogens (tertiary/aromatic N) is 1. The van der Waals surface area contributed by atoms with Crippen LogP contribution in [0, 0.1) is 0 Å². The first kappa shape index (κ1) is 10.2. The summed E-state index contributed by atoms with van der Waals surface area (Å²) in [6.45, 7) is 2.15. The summed E-state index contributed by atoms with van der Waals surface area (Å²) in [5.74, 6) is 0. The van der Waals surface area contributed by atoms with E-state index in [9.17, 15) is 0 Å². The van der Waals surface area contributed by atoms with E-state index >= 15 is 0 Å². The molecule has 0 spiro atoms. The average molecular weight is 219 g/mol. The Labute approximate surface area is 93.6 Å². The molecule has 0 aliphatic heterocycles. The standard InChI is InChI=1S/C12H13NOS/c1-3-9-4-6-10(7-5-9)11-8-15-12(13-11)14-2/h4-8H,3H2,1-2H3. The number of aryl methyl sites for hydroxylation is 1. The Morgan fingerprint density at radius 2 is 2.00 bits per heavy atom. The highest BCUT2D eigenvalue weighted by Crippen LogP contribution is 2.26. The Morgan fingerprint density at radius 3 is 2.53 bits per heavy atom. The summed E-state index contributed by atoms with van der Waals surface area (Å²) >= 11 is 1.52. The fourth-order valence-corrected chi connectivity index (χ4v) is 2.04. The third-order valence-corrected chi connectivity index (χ3v) is 3.12. The Kier molecular flexibility index (Phi) is 3.02. The van der Waals surface area contributed by atoms with Crippen LogP contribution < -0.4 is 4.74 Å². The Bertz CT molecular complexity index is 433. The molecule has 3 heteroatoms. The molecule has 0 bridgehead atoms. The molecule has 0 radical (unpaired) electrons. The van der Waals surface area contributed by atoms with Gasteiger partial charge in [-0.25, -0.2) is 4.98 Å². The van der Waals surface area contributed by atoms with Gasteiger partial charge in [-0.05, 0) is 12.0 Å². The first-order valence-electron chi connectivity index (χ1n) is 4.92. The van der Waals surface area contributed by atoms with Gasteiger partial charge in [-0.1, -0.05) is 42.5 Å². The molecule has 15 heavy (non-hydrogen) atoms. The van der Waals surface area contributed by atoms with Gasteiger partial charge in [0.05, 0.1) is 12.8 Å². The minimum absolute atomic E-state index is 0.713. The van der Waals surface area contributed by atoms with Gasteiger partial charge >= 0.3 is 0 Å². The van der Waals surface area contributed by atoms with Crippen molar-refractivity contribution in [1.82, 2.24) is 4.98 Å². The van der Waals surface area contributed by atoms with E-state index in [4.69, 9.17) is 4.74 Å². The summed E-state index contributed by atoms with van der Waals surface area (Å²) in [6.07, 6.45) is 1.07. The number of aromatic nitrogens is 1. The van der Waals surface area contributed by atoms with Crippen molar-refractivity contribution in [2.24, 2.45) is 0 Å². The molecule has 2 aromatic rings. The normalized spacial score (nSPS) is 10.3. The maximum atomic E-state index is 5.07. The topological polar surface area (TPSA) is 22.1 Å². The van der Waals surface area contributed by atoms with Gasteiger partial charge in [-0.3, -0.25) is 0 Å². The number of rotatable bonds is 3. The van der Waals surface area contributed by atoms with Crippen LogP contribution >= 0.6 is 11.3 Å². The highest BCUT2D eigenvalue weighted by molar-refractivity contribution is 7.11. The lowest BCUT2D eigenvalue weighted by molar-refractivity contribution is 0.412. The fourth-order valence-electron chi connectivity index (χ4n) is 1.39. The van der Waals surface area contributed by atoms with Crippen LogP contribution in [0.25, 0.3) is 11.3 Å². The SMILES string of the molecule is CCc1ccc(-c2csc(OC)n2)cc1. The van der Waals surface area contributed by atoms with Gasteiger partial charge in [-0.15, -0.1) is 0 Å². The third-order valence-electron chi connectivity index (χ3n) is 2.32. The monoisotopic (exact) mass is 219 g/mol. The molecule has 0 saturated heterocycles. The number of hydrogen-bond acceptors (Lipinski definition) is 3. The van der Waals surface area contributed by atoms with Gasteiger partial charge in [0.25, 0.3) is 5.19 Å². The third kappa shape index (κ3) is 2.18. The Balaban J connectivity index is 2.28. The summed E-state index contributed by atoms with van der Waals surface area (Å²) in [4.78, 5) is 4.35. The maximum absolute atomic E-state index is 5.07. The maximum Gasteiger partial charge on any atom is 0.273 e. The van der Waals surface area contributed by atoms with Crippen LogP contribution in [0.5, 0.6) is 5.19 Å². The van der Waals surface area contributed by atoms with Crippen LogP contribution in [0.4, 0.5) is 0 Å². The van der Waals surface area contributed by atoms with Crippen molar-refractivity contribution in [3.63, 3.8) is 0 Å². The van der Waals surface area contributed by atoms with Crippen LogP contribution in [0.1, 0.15) is 12.5 Å². The van der Waals surface area contributed by atoms with Crippen molar-refractivity contribution in [2.75, 3.05) is 7.11 Å². The van der Waals surface area contributed by atoms with Crippen LogP contribution in [-0.2, 0) is 6.42 Å². The Hall–Kier alpha value is -1.35. The summed E-state index contributed by atoms with van der Waals surface area (Å²) < 4.78 is 5.07. The number of benzene rings is 1. The van der Waals surface area contributed by atoms with E-state index in [2.05, 4.69) is 36.2 Å². The van der Waals surface area contributed by atoms with Gasteiger partial charge in [0.1, 0.15) is 0 Å². The van der Waals surface area contributed by atoms with E-state index in [1.165, 1.54) is 16.9 Å². The van der Waals surface area contributed by atoms with Crippen LogP contribution in [0.2, 0.25) is 0 Å². The predicted molar refractivity (Wildman–Crippen MR) is 63.5 cm³/mol. The number of thiazole rings is 1. The number of methoxy groups -OCH3 is 1. The molecule has 0 unspecified atom stereocenters. The fraction of sp³-hybridized carbons (Fsp3) is 0.250. The largest absolute Gasteiger partial charge is 0.473 e. The van der Waals surface area contributed by atoms with Gasteiger partial charge < -0.3 is 4.74 Å². The van der Waals surface area contributed by atoms with Crippen molar-refractivity contribution in [1.29, 1.82) is 0 Å². The number of hydrogen-bond donors (Lipinski definition) is 0. The second kappa shape index (κ2) is 4.45. The summed E-state index contributed by atoms with van der Waals surface area (Å²) in [5.41, 5.74) is 3.48. The predicted octanol–water partition coefficient (Wildman–Crippen LogP) is 3.38. The number of ether oxygens (including phenoxy) is 1.